The molecule has 164 valence electrons. The Bertz CT molecular complexity index is 812. The number of pyridine rings is 1. The van der Waals surface area contributed by atoms with Crippen LogP contribution in [0.1, 0.15) is 31.1 Å². The van der Waals surface area contributed by atoms with Gasteiger partial charge in [-0.25, -0.2) is 4.98 Å². The van der Waals surface area contributed by atoms with E-state index in [0.29, 0.717) is 11.1 Å². The van der Waals surface area contributed by atoms with Crippen LogP contribution in [0.4, 0.5) is 5.82 Å². The maximum absolute atomic E-state index is 6.31. The highest BCUT2D eigenvalue weighted by atomic mass is 127. The molecule has 2 unspecified atom stereocenters. The van der Waals surface area contributed by atoms with E-state index in [2.05, 4.69) is 36.5 Å². The van der Waals surface area contributed by atoms with Crippen molar-refractivity contribution in [1.82, 2.24) is 20.5 Å². The maximum atomic E-state index is 6.31. The molecule has 0 aromatic carbocycles. The first-order chi connectivity index (χ1) is 14.2. The SMILES string of the molecule is CN=C(NCC(c1ccco1)N1CCCC1)NC1CCN(c2ncccc2Cl)C1.I. The first-order valence-corrected chi connectivity index (χ1v) is 10.7. The minimum absolute atomic E-state index is 0. The Hall–Kier alpha value is -1.52. The molecule has 2 saturated heterocycles. The van der Waals surface area contributed by atoms with Gasteiger partial charge in [0.1, 0.15) is 11.6 Å². The van der Waals surface area contributed by atoms with Crippen molar-refractivity contribution in [1.29, 1.82) is 0 Å². The number of aromatic nitrogens is 1. The van der Waals surface area contributed by atoms with Gasteiger partial charge in [-0.2, -0.15) is 0 Å². The van der Waals surface area contributed by atoms with Crippen LogP contribution in [0.5, 0.6) is 0 Å². The molecular formula is C21H30ClIN6O. The van der Waals surface area contributed by atoms with Crippen LogP contribution in [-0.2, 0) is 0 Å². The molecule has 4 rings (SSSR count). The molecule has 2 aliphatic heterocycles. The summed E-state index contributed by atoms with van der Waals surface area (Å²) in [5.74, 6) is 2.68. The molecule has 0 bridgehead atoms. The van der Waals surface area contributed by atoms with Crippen molar-refractivity contribution in [3.63, 3.8) is 0 Å². The van der Waals surface area contributed by atoms with Crippen molar-refractivity contribution in [3.05, 3.63) is 47.5 Å². The third-order valence-electron chi connectivity index (χ3n) is 5.71. The summed E-state index contributed by atoms with van der Waals surface area (Å²) in [5, 5.41) is 7.75. The number of halogens is 2. The fourth-order valence-corrected chi connectivity index (χ4v) is 4.45. The number of anilines is 1. The molecule has 0 aliphatic carbocycles. The Morgan fingerprint density at radius 1 is 1.30 bits per heavy atom. The molecule has 9 heteroatoms. The Balaban J connectivity index is 0.00000256. The van der Waals surface area contributed by atoms with Crippen LogP contribution in [0.15, 0.2) is 46.1 Å². The minimum atomic E-state index is 0. The van der Waals surface area contributed by atoms with Gasteiger partial charge < -0.3 is 20.0 Å². The third-order valence-corrected chi connectivity index (χ3v) is 6.00. The number of furan rings is 1. The lowest BCUT2D eigenvalue weighted by Gasteiger charge is -2.27. The van der Waals surface area contributed by atoms with Gasteiger partial charge in [0.2, 0.25) is 0 Å². The Morgan fingerprint density at radius 3 is 2.83 bits per heavy atom. The van der Waals surface area contributed by atoms with Gasteiger partial charge in [0.15, 0.2) is 5.96 Å². The summed E-state index contributed by atoms with van der Waals surface area (Å²) < 4.78 is 5.71. The van der Waals surface area contributed by atoms with E-state index in [1.807, 2.05) is 25.2 Å². The van der Waals surface area contributed by atoms with Crippen molar-refractivity contribution < 1.29 is 4.42 Å². The fraction of sp³-hybridized carbons (Fsp3) is 0.524. The molecule has 2 aromatic heterocycles. The average Bonchev–Trinajstić information content (AvgIpc) is 3.51. The number of aliphatic imine (C=N–C) groups is 1. The van der Waals surface area contributed by atoms with E-state index in [0.717, 1.165) is 56.7 Å². The van der Waals surface area contributed by atoms with Gasteiger partial charge in [-0.1, -0.05) is 11.6 Å². The standard InChI is InChI=1S/C21H29ClN6O.HI/c1-23-21(25-14-18(19-7-5-13-29-19)27-10-2-3-11-27)26-16-8-12-28(15-16)20-17(22)6-4-9-24-20;/h4-7,9,13,16,18H,2-3,8,10-12,14-15H2,1H3,(H2,23,25,26);1H. The van der Waals surface area contributed by atoms with E-state index in [9.17, 15) is 0 Å². The topological polar surface area (TPSA) is 68.9 Å². The number of rotatable bonds is 6. The molecule has 0 amide bonds. The van der Waals surface area contributed by atoms with E-state index in [1.165, 1.54) is 12.8 Å². The van der Waals surface area contributed by atoms with Crippen molar-refractivity contribution >= 4 is 47.4 Å². The summed E-state index contributed by atoms with van der Waals surface area (Å²) in [6.07, 6.45) is 7.05. The lowest BCUT2D eigenvalue weighted by Crippen LogP contribution is -2.47. The summed E-state index contributed by atoms with van der Waals surface area (Å²) in [7, 11) is 1.81. The summed E-state index contributed by atoms with van der Waals surface area (Å²) >= 11 is 6.31. The molecule has 0 spiro atoms. The Labute approximate surface area is 200 Å². The Morgan fingerprint density at radius 2 is 2.13 bits per heavy atom. The van der Waals surface area contributed by atoms with Gasteiger partial charge in [0.05, 0.1) is 17.3 Å². The highest BCUT2D eigenvalue weighted by Gasteiger charge is 2.28. The molecule has 2 atom stereocenters. The van der Waals surface area contributed by atoms with Gasteiger partial charge in [-0.15, -0.1) is 24.0 Å². The van der Waals surface area contributed by atoms with E-state index in [-0.39, 0.29) is 30.0 Å². The van der Waals surface area contributed by atoms with E-state index >= 15 is 0 Å². The number of likely N-dealkylation sites (tertiary alicyclic amines) is 1. The predicted molar refractivity (Wildman–Crippen MR) is 132 cm³/mol. The average molecular weight is 545 g/mol. The lowest BCUT2D eigenvalue weighted by atomic mass is 10.2. The van der Waals surface area contributed by atoms with E-state index in [4.69, 9.17) is 16.0 Å². The first-order valence-electron chi connectivity index (χ1n) is 10.3. The predicted octanol–water partition coefficient (Wildman–Crippen LogP) is 3.53. The largest absolute Gasteiger partial charge is 0.468 e. The van der Waals surface area contributed by atoms with E-state index in [1.54, 1.807) is 12.5 Å². The quantitative estimate of drug-likeness (QED) is 0.330. The number of nitrogens with one attached hydrogen (secondary N) is 2. The molecule has 0 radical (unpaired) electrons. The Kier molecular flexibility index (Phi) is 8.64. The summed E-state index contributed by atoms with van der Waals surface area (Å²) in [6, 6.07) is 8.29. The van der Waals surface area contributed by atoms with Crippen LogP contribution in [0.3, 0.4) is 0 Å². The summed E-state index contributed by atoms with van der Waals surface area (Å²) in [6.45, 7) is 4.76. The van der Waals surface area contributed by atoms with Crippen molar-refractivity contribution in [3.8, 4) is 0 Å². The fourth-order valence-electron chi connectivity index (χ4n) is 4.21. The smallest absolute Gasteiger partial charge is 0.191 e. The van der Waals surface area contributed by atoms with Gasteiger partial charge in [-0.05, 0) is 56.6 Å². The zero-order valence-electron chi connectivity index (χ0n) is 17.3. The molecule has 2 aliphatic rings. The van der Waals surface area contributed by atoms with Crippen LogP contribution in [0, 0.1) is 0 Å². The second-order valence-corrected chi connectivity index (χ2v) is 8.02. The molecule has 2 fully saturated rings. The number of hydrogen-bond donors (Lipinski definition) is 2. The lowest BCUT2D eigenvalue weighted by molar-refractivity contribution is 0.215. The zero-order chi connectivity index (χ0) is 20.1. The third kappa shape index (κ3) is 5.59. The highest BCUT2D eigenvalue weighted by molar-refractivity contribution is 14.0. The van der Waals surface area contributed by atoms with Crippen LogP contribution >= 0.6 is 35.6 Å². The minimum Gasteiger partial charge on any atom is -0.468 e. The molecule has 30 heavy (non-hydrogen) atoms. The maximum Gasteiger partial charge on any atom is 0.191 e. The first kappa shape index (κ1) is 23.1. The second-order valence-electron chi connectivity index (χ2n) is 7.61. The second kappa shape index (κ2) is 11.2. The molecule has 4 heterocycles. The van der Waals surface area contributed by atoms with Gasteiger partial charge in [0, 0.05) is 38.9 Å². The molecule has 7 nitrogen and oxygen atoms in total. The van der Waals surface area contributed by atoms with Gasteiger partial charge in [0.25, 0.3) is 0 Å². The number of hydrogen-bond acceptors (Lipinski definition) is 5. The van der Waals surface area contributed by atoms with Crippen molar-refractivity contribution in [2.75, 3.05) is 44.7 Å². The van der Waals surface area contributed by atoms with E-state index < -0.39 is 0 Å². The molecule has 2 aromatic rings. The summed E-state index contributed by atoms with van der Waals surface area (Å²) in [5.41, 5.74) is 0. The number of nitrogens with zero attached hydrogens (tertiary/aromatic N) is 4. The van der Waals surface area contributed by atoms with Crippen molar-refractivity contribution in [2.24, 2.45) is 4.99 Å². The van der Waals surface area contributed by atoms with Crippen molar-refractivity contribution in [2.45, 2.75) is 31.3 Å². The normalized spacial score (nSPS) is 20.8. The van der Waals surface area contributed by atoms with Crippen LogP contribution in [0.25, 0.3) is 0 Å². The molecule has 2 N–H and O–H groups in total. The molecular weight excluding hydrogens is 515 g/mol. The van der Waals surface area contributed by atoms with Gasteiger partial charge >= 0.3 is 0 Å². The van der Waals surface area contributed by atoms with Crippen LogP contribution < -0.4 is 15.5 Å². The summed E-state index contributed by atoms with van der Waals surface area (Å²) in [4.78, 5) is 13.6. The zero-order valence-corrected chi connectivity index (χ0v) is 20.3. The van der Waals surface area contributed by atoms with Crippen LogP contribution in [0.2, 0.25) is 5.02 Å². The number of guanidine groups is 1. The van der Waals surface area contributed by atoms with Gasteiger partial charge in [-0.3, -0.25) is 9.89 Å². The highest BCUT2D eigenvalue weighted by Crippen LogP contribution is 2.26. The monoisotopic (exact) mass is 544 g/mol. The molecule has 0 saturated carbocycles. The van der Waals surface area contributed by atoms with Crippen LogP contribution in [-0.4, -0.2) is 61.7 Å².